The zero-order valence-corrected chi connectivity index (χ0v) is 8.87. The van der Waals surface area contributed by atoms with Crippen LogP contribution in [0.1, 0.15) is 13.3 Å². The fraction of sp³-hybridized carbons (Fsp3) is 0.273. The second-order valence-corrected chi connectivity index (χ2v) is 3.49. The van der Waals surface area contributed by atoms with Crippen LogP contribution in [0.25, 0.3) is 0 Å². The third-order valence-electron chi connectivity index (χ3n) is 1.96. The van der Waals surface area contributed by atoms with Gasteiger partial charge in [0, 0.05) is 6.54 Å². The quantitative estimate of drug-likeness (QED) is 0.749. The second kappa shape index (κ2) is 5.01. The minimum atomic E-state index is -0.293. The summed E-state index contributed by atoms with van der Waals surface area (Å²) in [5.74, 6) is -0.293. The van der Waals surface area contributed by atoms with Gasteiger partial charge in [0.25, 0.3) is 0 Å². The van der Waals surface area contributed by atoms with Crippen molar-refractivity contribution in [2.75, 3.05) is 11.9 Å². The van der Waals surface area contributed by atoms with Crippen LogP contribution < -0.4 is 5.32 Å². The number of rotatable bonds is 4. The van der Waals surface area contributed by atoms with Crippen molar-refractivity contribution in [3.63, 3.8) is 0 Å². The summed E-state index contributed by atoms with van der Waals surface area (Å²) in [6.45, 7) is 6.49. The zero-order valence-electron chi connectivity index (χ0n) is 8.11. The van der Waals surface area contributed by atoms with E-state index in [-0.39, 0.29) is 5.82 Å². The molecule has 0 saturated carbocycles. The molecule has 0 aliphatic rings. The van der Waals surface area contributed by atoms with Crippen LogP contribution in [0.5, 0.6) is 0 Å². The average Bonchev–Trinajstić information content (AvgIpc) is 2.19. The molecule has 0 atom stereocenters. The highest BCUT2D eigenvalue weighted by atomic mass is 35.5. The second-order valence-electron chi connectivity index (χ2n) is 3.08. The van der Waals surface area contributed by atoms with E-state index in [9.17, 15) is 4.39 Å². The van der Waals surface area contributed by atoms with E-state index in [2.05, 4.69) is 11.9 Å². The molecule has 0 heterocycles. The summed E-state index contributed by atoms with van der Waals surface area (Å²) in [5.41, 5.74) is 1.67. The zero-order chi connectivity index (χ0) is 10.6. The molecule has 0 aliphatic heterocycles. The summed E-state index contributed by atoms with van der Waals surface area (Å²) in [7, 11) is 0. The van der Waals surface area contributed by atoms with Crippen molar-refractivity contribution in [3.05, 3.63) is 41.2 Å². The molecule has 1 N–H and O–H groups in total. The first-order valence-corrected chi connectivity index (χ1v) is 4.87. The third-order valence-corrected chi connectivity index (χ3v) is 2.29. The van der Waals surface area contributed by atoms with Crippen LogP contribution in [0, 0.1) is 5.82 Å². The lowest BCUT2D eigenvalue weighted by Gasteiger charge is -2.08. The Labute approximate surface area is 88.6 Å². The number of benzene rings is 1. The molecule has 76 valence electrons. The predicted octanol–water partition coefficient (Wildman–Crippen LogP) is 3.86. The number of nitrogens with one attached hydrogen (secondary N) is 1. The van der Waals surface area contributed by atoms with E-state index < -0.39 is 0 Å². The van der Waals surface area contributed by atoms with E-state index in [1.165, 1.54) is 18.2 Å². The molecular formula is C11H13ClFN. The fourth-order valence-corrected chi connectivity index (χ4v) is 1.16. The lowest BCUT2D eigenvalue weighted by Crippen LogP contribution is -2.04. The van der Waals surface area contributed by atoms with Gasteiger partial charge in [0.05, 0.1) is 10.7 Å². The van der Waals surface area contributed by atoms with Gasteiger partial charge in [-0.15, -0.1) is 0 Å². The van der Waals surface area contributed by atoms with Gasteiger partial charge in [-0.2, -0.15) is 0 Å². The van der Waals surface area contributed by atoms with Crippen molar-refractivity contribution in [1.29, 1.82) is 0 Å². The Kier molecular flexibility index (Phi) is 3.96. The van der Waals surface area contributed by atoms with Gasteiger partial charge in [-0.25, -0.2) is 4.39 Å². The van der Waals surface area contributed by atoms with Gasteiger partial charge in [0.15, 0.2) is 0 Å². The Hall–Kier alpha value is -1.02. The maximum absolute atomic E-state index is 12.8. The van der Waals surface area contributed by atoms with Crippen LogP contribution in [-0.4, -0.2) is 6.54 Å². The van der Waals surface area contributed by atoms with Gasteiger partial charge >= 0.3 is 0 Å². The Morgan fingerprint density at radius 2 is 2.29 bits per heavy atom. The lowest BCUT2D eigenvalue weighted by atomic mass is 10.2. The first-order valence-electron chi connectivity index (χ1n) is 4.49. The topological polar surface area (TPSA) is 12.0 Å². The fourth-order valence-electron chi connectivity index (χ4n) is 0.978. The normalized spacial score (nSPS) is 9.93. The monoisotopic (exact) mass is 213 g/mol. The molecule has 0 saturated heterocycles. The summed E-state index contributed by atoms with van der Waals surface area (Å²) in [6, 6.07) is 4.25. The van der Waals surface area contributed by atoms with Crippen LogP contribution in [-0.2, 0) is 0 Å². The number of hydrogen-bond donors (Lipinski definition) is 1. The minimum Gasteiger partial charge on any atom is -0.380 e. The third kappa shape index (κ3) is 3.04. The molecule has 0 aliphatic carbocycles. The summed E-state index contributed by atoms with van der Waals surface area (Å²) >= 11 is 5.86. The minimum absolute atomic E-state index is 0.293. The van der Waals surface area contributed by atoms with Gasteiger partial charge in [-0.05, 0) is 24.6 Å². The van der Waals surface area contributed by atoms with Crippen molar-refractivity contribution in [1.82, 2.24) is 0 Å². The Balaban J connectivity index is 2.66. The van der Waals surface area contributed by atoms with Crippen LogP contribution >= 0.6 is 11.6 Å². The van der Waals surface area contributed by atoms with Gasteiger partial charge < -0.3 is 5.32 Å². The van der Waals surface area contributed by atoms with E-state index in [0.29, 0.717) is 17.3 Å². The predicted molar refractivity (Wildman–Crippen MR) is 59.3 cm³/mol. The SMILES string of the molecule is C=C(CC)CNc1cc(F)ccc1Cl. The first kappa shape index (κ1) is 11.1. The molecule has 0 aromatic heterocycles. The molecule has 14 heavy (non-hydrogen) atoms. The summed E-state index contributed by atoms with van der Waals surface area (Å²) in [5, 5.41) is 3.56. The van der Waals surface area contributed by atoms with E-state index in [1.807, 2.05) is 6.92 Å². The molecular weight excluding hydrogens is 201 g/mol. The Morgan fingerprint density at radius 3 is 2.93 bits per heavy atom. The molecule has 0 amide bonds. The molecule has 1 nitrogen and oxygen atoms in total. The maximum atomic E-state index is 12.8. The summed E-state index contributed by atoms with van der Waals surface area (Å²) < 4.78 is 12.8. The highest BCUT2D eigenvalue weighted by molar-refractivity contribution is 6.33. The van der Waals surface area contributed by atoms with Crippen LogP contribution in [0.3, 0.4) is 0 Å². The van der Waals surface area contributed by atoms with Crippen LogP contribution in [0.15, 0.2) is 30.4 Å². The lowest BCUT2D eigenvalue weighted by molar-refractivity contribution is 0.628. The Morgan fingerprint density at radius 1 is 1.57 bits per heavy atom. The molecule has 1 rings (SSSR count). The molecule has 1 aromatic carbocycles. The highest BCUT2D eigenvalue weighted by Crippen LogP contribution is 2.22. The molecule has 0 radical (unpaired) electrons. The van der Waals surface area contributed by atoms with Crippen molar-refractivity contribution in [2.45, 2.75) is 13.3 Å². The molecule has 0 bridgehead atoms. The molecule has 1 aromatic rings. The summed E-state index contributed by atoms with van der Waals surface area (Å²) in [4.78, 5) is 0. The Bertz CT molecular complexity index is 336. The maximum Gasteiger partial charge on any atom is 0.125 e. The standard InChI is InChI=1S/C11H13ClFN/c1-3-8(2)7-14-11-6-9(13)4-5-10(11)12/h4-6,14H,2-3,7H2,1H3. The summed E-state index contributed by atoms with van der Waals surface area (Å²) in [6.07, 6.45) is 0.903. The smallest absolute Gasteiger partial charge is 0.125 e. The van der Waals surface area contributed by atoms with Crippen molar-refractivity contribution >= 4 is 17.3 Å². The number of halogens is 2. The molecule has 0 spiro atoms. The first-order chi connectivity index (χ1) is 6.63. The van der Waals surface area contributed by atoms with Crippen molar-refractivity contribution in [2.24, 2.45) is 0 Å². The van der Waals surface area contributed by atoms with E-state index >= 15 is 0 Å². The van der Waals surface area contributed by atoms with E-state index in [1.54, 1.807) is 0 Å². The van der Waals surface area contributed by atoms with Crippen molar-refractivity contribution in [3.8, 4) is 0 Å². The van der Waals surface area contributed by atoms with Gasteiger partial charge in [-0.1, -0.05) is 30.7 Å². The highest BCUT2D eigenvalue weighted by Gasteiger charge is 2.01. The average molecular weight is 214 g/mol. The van der Waals surface area contributed by atoms with Gasteiger partial charge in [0.1, 0.15) is 5.82 Å². The van der Waals surface area contributed by atoms with Crippen LogP contribution in [0.2, 0.25) is 5.02 Å². The number of hydrogen-bond acceptors (Lipinski definition) is 1. The van der Waals surface area contributed by atoms with Gasteiger partial charge in [-0.3, -0.25) is 0 Å². The van der Waals surface area contributed by atoms with E-state index in [4.69, 9.17) is 11.6 Å². The molecule has 0 fully saturated rings. The number of anilines is 1. The van der Waals surface area contributed by atoms with Gasteiger partial charge in [0.2, 0.25) is 0 Å². The molecule has 0 unspecified atom stereocenters. The van der Waals surface area contributed by atoms with Crippen molar-refractivity contribution < 1.29 is 4.39 Å². The van der Waals surface area contributed by atoms with Crippen LogP contribution in [0.4, 0.5) is 10.1 Å². The van der Waals surface area contributed by atoms with E-state index in [0.717, 1.165) is 12.0 Å². The largest absolute Gasteiger partial charge is 0.380 e. The molecule has 3 heteroatoms.